The van der Waals surface area contributed by atoms with Gasteiger partial charge in [-0.25, -0.2) is 0 Å². The molecule has 0 N–H and O–H groups in total. The van der Waals surface area contributed by atoms with Gasteiger partial charge in [-0.3, -0.25) is 0 Å². The first-order chi connectivity index (χ1) is 13.5. The molecule has 0 radical (unpaired) electrons. The van der Waals surface area contributed by atoms with Crippen LogP contribution >= 0.6 is 0 Å². The largest absolute Gasteiger partial charge is 0.0784 e. The summed E-state index contributed by atoms with van der Waals surface area (Å²) in [7, 11) is -1.55. The van der Waals surface area contributed by atoms with Crippen LogP contribution in [0.3, 0.4) is 0 Å². The van der Waals surface area contributed by atoms with E-state index in [0.717, 1.165) is 0 Å². The molecule has 136 valence electrons. The monoisotopic (exact) mass is 376 g/mol. The highest BCUT2D eigenvalue weighted by Crippen LogP contribution is 2.37. The Labute approximate surface area is 167 Å². The van der Waals surface area contributed by atoms with Crippen LogP contribution in [0.5, 0.6) is 0 Å². The summed E-state index contributed by atoms with van der Waals surface area (Å²) in [5, 5.41) is 9.56. The third-order valence-corrected chi connectivity index (χ3v) is 7.81. The van der Waals surface area contributed by atoms with Crippen LogP contribution in [0.1, 0.15) is 0 Å². The van der Waals surface area contributed by atoms with Crippen LogP contribution in [-0.4, -0.2) is 8.07 Å². The third-order valence-electron chi connectivity index (χ3n) is 5.78. The van der Waals surface area contributed by atoms with Crippen LogP contribution in [0, 0.1) is 0 Å². The van der Waals surface area contributed by atoms with Gasteiger partial charge in [0.05, 0.1) is 8.07 Å². The Bertz CT molecular complexity index is 1330. The van der Waals surface area contributed by atoms with Crippen LogP contribution in [-0.2, 0) is 0 Å². The number of hydrogen-bond acceptors (Lipinski definition) is 0. The van der Waals surface area contributed by atoms with Gasteiger partial charge in [0.2, 0.25) is 0 Å². The van der Waals surface area contributed by atoms with Crippen LogP contribution in [0.15, 0.2) is 91.0 Å². The minimum absolute atomic E-state index is 1.30. The summed E-state index contributed by atoms with van der Waals surface area (Å²) in [5.74, 6) is 0. The summed E-state index contributed by atoms with van der Waals surface area (Å²) in [6.45, 7) is 7.36. The van der Waals surface area contributed by atoms with Crippen LogP contribution in [0.25, 0.3) is 43.4 Å². The first-order valence-electron chi connectivity index (χ1n) is 9.97. The summed E-state index contributed by atoms with van der Waals surface area (Å²) in [6.07, 6.45) is 0. The quantitative estimate of drug-likeness (QED) is 0.223. The summed E-state index contributed by atoms with van der Waals surface area (Å²) >= 11 is 0. The second kappa shape index (κ2) is 6.32. The van der Waals surface area contributed by atoms with Crippen LogP contribution < -0.4 is 5.19 Å². The van der Waals surface area contributed by atoms with Gasteiger partial charge in [-0.05, 0) is 43.4 Å². The van der Waals surface area contributed by atoms with E-state index in [2.05, 4.69) is 111 Å². The van der Waals surface area contributed by atoms with E-state index >= 15 is 0 Å². The molecule has 5 aromatic carbocycles. The molecule has 28 heavy (non-hydrogen) atoms. The number of fused-ring (bicyclic) bond motifs is 4. The number of hydrogen-bond donors (Lipinski definition) is 0. The normalized spacial score (nSPS) is 12.1. The van der Waals surface area contributed by atoms with Gasteiger partial charge < -0.3 is 0 Å². The van der Waals surface area contributed by atoms with Crippen molar-refractivity contribution in [2.75, 3.05) is 0 Å². The molecule has 0 atom stereocenters. The van der Waals surface area contributed by atoms with Gasteiger partial charge in [-0.15, -0.1) is 0 Å². The zero-order valence-electron chi connectivity index (χ0n) is 16.7. The average Bonchev–Trinajstić information content (AvgIpc) is 2.71. The fourth-order valence-corrected chi connectivity index (χ4v) is 6.04. The lowest BCUT2D eigenvalue weighted by molar-refractivity contribution is 1.68. The first kappa shape index (κ1) is 17.2. The van der Waals surface area contributed by atoms with E-state index < -0.39 is 8.07 Å². The lowest BCUT2D eigenvalue weighted by Gasteiger charge is -2.24. The average molecular weight is 377 g/mol. The van der Waals surface area contributed by atoms with Gasteiger partial charge in [0.25, 0.3) is 0 Å². The van der Waals surface area contributed by atoms with E-state index in [9.17, 15) is 0 Å². The molecule has 0 saturated heterocycles. The SMILES string of the molecule is C[Si](C)(C)c1ccc2ccc3ccccc3c2c1-c1cccc2ccccc12. The van der Waals surface area contributed by atoms with Crippen molar-refractivity contribution >= 4 is 45.6 Å². The predicted molar refractivity (Wildman–Crippen MR) is 127 cm³/mol. The summed E-state index contributed by atoms with van der Waals surface area (Å²) in [5.41, 5.74) is 2.79. The minimum atomic E-state index is -1.55. The van der Waals surface area contributed by atoms with Crippen molar-refractivity contribution in [2.24, 2.45) is 0 Å². The predicted octanol–water partition coefficient (Wildman–Crippen LogP) is 7.36. The highest BCUT2D eigenvalue weighted by molar-refractivity contribution is 6.90. The molecule has 0 amide bonds. The zero-order chi connectivity index (χ0) is 19.3. The Hall–Kier alpha value is -2.90. The Morgan fingerprint density at radius 2 is 1.07 bits per heavy atom. The molecule has 0 spiro atoms. The van der Waals surface area contributed by atoms with Crippen molar-refractivity contribution in [2.45, 2.75) is 19.6 Å². The molecule has 1 heteroatoms. The molecule has 0 fully saturated rings. The second-order valence-corrected chi connectivity index (χ2v) is 13.7. The lowest BCUT2D eigenvalue weighted by atomic mass is 9.91. The molecule has 0 aliphatic rings. The molecule has 0 aliphatic heterocycles. The van der Waals surface area contributed by atoms with Gasteiger partial charge in [0.1, 0.15) is 0 Å². The van der Waals surface area contributed by atoms with Crippen molar-refractivity contribution in [1.82, 2.24) is 0 Å². The Morgan fingerprint density at radius 3 is 1.82 bits per heavy atom. The van der Waals surface area contributed by atoms with E-state index in [1.54, 1.807) is 0 Å². The third kappa shape index (κ3) is 2.66. The van der Waals surface area contributed by atoms with E-state index in [-0.39, 0.29) is 0 Å². The number of benzene rings is 5. The zero-order valence-corrected chi connectivity index (χ0v) is 17.7. The molecule has 0 nitrogen and oxygen atoms in total. The molecule has 0 saturated carbocycles. The molecule has 5 aromatic rings. The summed E-state index contributed by atoms with van der Waals surface area (Å²) in [6, 6.07) is 33.5. The summed E-state index contributed by atoms with van der Waals surface area (Å²) in [4.78, 5) is 0. The molecule has 0 unspecified atom stereocenters. The Kier molecular flexibility index (Phi) is 3.89. The fourth-order valence-electron chi connectivity index (χ4n) is 4.45. The highest BCUT2D eigenvalue weighted by atomic mass is 28.3. The standard InChI is InChI=1S/C27H24Si/c1-28(2,3)25-18-17-21-16-15-20-10-5-7-13-23(20)26(21)27(25)24-14-8-11-19-9-4-6-12-22(19)24/h4-18H,1-3H3. The smallest absolute Gasteiger partial charge is 0.0656 e. The maximum Gasteiger partial charge on any atom is 0.0784 e. The van der Waals surface area contributed by atoms with Gasteiger partial charge in [-0.1, -0.05) is 116 Å². The van der Waals surface area contributed by atoms with Gasteiger partial charge in [-0.2, -0.15) is 0 Å². The topological polar surface area (TPSA) is 0 Å². The van der Waals surface area contributed by atoms with Crippen LogP contribution in [0.4, 0.5) is 0 Å². The van der Waals surface area contributed by atoms with Gasteiger partial charge >= 0.3 is 0 Å². The van der Waals surface area contributed by atoms with Gasteiger partial charge in [0.15, 0.2) is 0 Å². The van der Waals surface area contributed by atoms with Crippen molar-refractivity contribution < 1.29 is 0 Å². The highest BCUT2D eigenvalue weighted by Gasteiger charge is 2.24. The Morgan fingerprint density at radius 1 is 0.500 bits per heavy atom. The van der Waals surface area contributed by atoms with E-state index in [0.29, 0.717) is 0 Å². The van der Waals surface area contributed by atoms with E-state index in [4.69, 9.17) is 0 Å². The van der Waals surface area contributed by atoms with Crippen molar-refractivity contribution in [1.29, 1.82) is 0 Å². The molecule has 0 aliphatic carbocycles. The Balaban J connectivity index is 2.05. The molecule has 0 heterocycles. The number of rotatable bonds is 2. The fraction of sp³-hybridized carbons (Fsp3) is 0.111. The second-order valence-electron chi connectivity index (χ2n) is 8.65. The maximum atomic E-state index is 2.45. The van der Waals surface area contributed by atoms with Gasteiger partial charge in [0, 0.05) is 0 Å². The van der Waals surface area contributed by atoms with Crippen molar-refractivity contribution in [3.8, 4) is 11.1 Å². The first-order valence-corrected chi connectivity index (χ1v) is 13.5. The molecule has 0 bridgehead atoms. The van der Waals surface area contributed by atoms with Crippen LogP contribution in [0.2, 0.25) is 19.6 Å². The van der Waals surface area contributed by atoms with E-state index in [1.807, 2.05) is 0 Å². The minimum Gasteiger partial charge on any atom is -0.0656 e. The molecular weight excluding hydrogens is 352 g/mol. The molecular formula is C27H24Si. The molecule has 0 aromatic heterocycles. The van der Waals surface area contributed by atoms with Crippen molar-refractivity contribution in [3.05, 3.63) is 91.0 Å². The van der Waals surface area contributed by atoms with E-state index in [1.165, 1.54) is 48.6 Å². The lowest BCUT2D eigenvalue weighted by Crippen LogP contribution is -2.39. The van der Waals surface area contributed by atoms with Crippen molar-refractivity contribution in [3.63, 3.8) is 0 Å². The summed E-state index contributed by atoms with van der Waals surface area (Å²) < 4.78 is 0. The molecule has 5 rings (SSSR count). The maximum absolute atomic E-state index is 2.45.